The molecular formula is C27H29F3N4O6. The Morgan fingerprint density at radius 3 is 2.40 bits per heavy atom. The molecule has 2 aromatic carbocycles. The highest BCUT2D eigenvalue weighted by molar-refractivity contribution is 5.94. The summed E-state index contributed by atoms with van der Waals surface area (Å²) in [7, 11) is 0. The average Bonchev–Trinajstić information content (AvgIpc) is 3.10. The number of likely N-dealkylation sites (tertiary alicyclic amines) is 1. The van der Waals surface area contributed by atoms with E-state index in [-0.39, 0.29) is 18.8 Å². The van der Waals surface area contributed by atoms with Crippen LogP contribution in [-0.4, -0.2) is 58.7 Å². The fourth-order valence-corrected chi connectivity index (χ4v) is 4.23. The van der Waals surface area contributed by atoms with E-state index in [0.29, 0.717) is 36.5 Å². The van der Waals surface area contributed by atoms with Crippen molar-refractivity contribution in [3.63, 3.8) is 0 Å². The van der Waals surface area contributed by atoms with E-state index in [0.717, 1.165) is 23.4 Å². The quantitative estimate of drug-likeness (QED) is 0.386. The monoisotopic (exact) mass is 562 g/mol. The van der Waals surface area contributed by atoms with Gasteiger partial charge in [0.05, 0.1) is 23.4 Å². The maximum Gasteiger partial charge on any atom is 0.573 e. The zero-order valence-electron chi connectivity index (χ0n) is 21.8. The lowest BCUT2D eigenvalue weighted by Crippen LogP contribution is -2.50. The number of rotatable bonds is 7. The number of aliphatic hydroxyl groups excluding tert-OH is 1. The van der Waals surface area contributed by atoms with Crippen molar-refractivity contribution >= 4 is 17.6 Å². The zero-order chi connectivity index (χ0) is 28.9. The second kappa shape index (κ2) is 12.3. The van der Waals surface area contributed by atoms with Crippen LogP contribution in [-0.2, 0) is 6.61 Å². The van der Waals surface area contributed by atoms with E-state index in [1.165, 1.54) is 17.0 Å². The first-order valence-electron chi connectivity index (χ1n) is 12.5. The van der Waals surface area contributed by atoms with Crippen LogP contribution < -0.4 is 20.1 Å². The molecule has 3 amide bonds. The second-order valence-corrected chi connectivity index (χ2v) is 9.35. The normalized spacial score (nSPS) is 17.6. The van der Waals surface area contributed by atoms with Crippen LogP contribution >= 0.6 is 0 Å². The molecule has 0 aliphatic carbocycles. The Hall–Kier alpha value is -4.26. The highest BCUT2D eigenvalue weighted by atomic mass is 19.4. The summed E-state index contributed by atoms with van der Waals surface area (Å²) in [6, 6.07) is 9.99. The number of amides is 3. The molecule has 0 spiro atoms. The summed E-state index contributed by atoms with van der Waals surface area (Å²) in [5.41, 5.74) is 2.21. The molecule has 0 saturated carbocycles. The zero-order valence-corrected chi connectivity index (χ0v) is 21.8. The van der Waals surface area contributed by atoms with Crippen molar-refractivity contribution < 1.29 is 41.9 Å². The molecule has 4 rings (SSSR count). The van der Waals surface area contributed by atoms with E-state index in [4.69, 9.17) is 9.26 Å². The SMILES string of the molecule is Cc1noc(C)c1COc1ccc(C(=O)NC2CN(C(=O)Nc3ccc(OC(F)(F)F)cc3)CCCC2O)cc1. The molecule has 1 saturated heterocycles. The fourth-order valence-electron chi connectivity index (χ4n) is 4.23. The Morgan fingerprint density at radius 1 is 1.10 bits per heavy atom. The molecule has 2 unspecified atom stereocenters. The number of ether oxygens (including phenoxy) is 2. The molecule has 10 nitrogen and oxygen atoms in total. The molecule has 1 aliphatic heterocycles. The summed E-state index contributed by atoms with van der Waals surface area (Å²) in [6.07, 6.45) is -4.83. The van der Waals surface area contributed by atoms with E-state index in [1.54, 1.807) is 31.2 Å². The van der Waals surface area contributed by atoms with Crippen molar-refractivity contribution in [3.05, 3.63) is 71.1 Å². The number of carbonyl (C=O) groups is 2. The van der Waals surface area contributed by atoms with Gasteiger partial charge in [-0.2, -0.15) is 0 Å². The first-order valence-corrected chi connectivity index (χ1v) is 12.5. The lowest BCUT2D eigenvalue weighted by Gasteiger charge is -2.27. The molecule has 3 N–H and O–H groups in total. The largest absolute Gasteiger partial charge is 0.573 e. The number of benzene rings is 2. The number of hydrogen-bond acceptors (Lipinski definition) is 7. The lowest BCUT2D eigenvalue weighted by molar-refractivity contribution is -0.274. The van der Waals surface area contributed by atoms with Gasteiger partial charge in [-0.3, -0.25) is 4.79 Å². The smallest absolute Gasteiger partial charge is 0.489 e. The van der Waals surface area contributed by atoms with Crippen LogP contribution in [0.2, 0.25) is 0 Å². The lowest BCUT2D eigenvalue weighted by atomic mass is 10.1. The summed E-state index contributed by atoms with van der Waals surface area (Å²) in [6.45, 7) is 4.25. The highest BCUT2D eigenvalue weighted by Crippen LogP contribution is 2.24. The maximum atomic E-state index is 12.9. The van der Waals surface area contributed by atoms with Crippen molar-refractivity contribution in [1.82, 2.24) is 15.4 Å². The van der Waals surface area contributed by atoms with Gasteiger partial charge in [0.1, 0.15) is 23.9 Å². The van der Waals surface area contributed by atoms with Crippen molar-refractivity contribution in [2.75, 3.05) is 18.4 Å². The Balaban J connectivity index is 1.33. The van der Waals surface area contributed by atoms with Crippen LogP contribution in [0.1, 0.15) is 40.2 Å². The van der Waals surface area contributed by atoms with E-state index < -0.39 is 36.2 Å². The summed E-state index contributed by atoms with van der Waals surface area (Å²) < 4.78 is 51.8. The molecule has 0 bridgehead atoms. The predicted molar refractivity (Wildman–Crippen MR) is 137 cm³/mol. The van der Waals surface area contributed by atoms with Gasteiger partial charge in [0.15, 0.2) is 0 Å². The molecule has 1 fully saturated rings. The number of alkyl halides is 3. The van der Waals surface area contributed by atoms with Crippen LogP contribution in [0, 0.1) is 13.8 Å². The number of carbonyl (C=O) groups excluding carboxylic acids is 2. The second-order valence-electron chi connectivity index (χ2n) is 9.35. The molecule has 2 heterocycles. The van der Waals surface area contributed by atoms with Crippen molar-refractivity contribution in [1.29, 1.82) is 0 Å². The molecule has 1 aromatic heterocycles. The van der Waals surface area contributed by atoms with Gasteiger partial charge in [-0.05, 0) is 75.2 Å². The van der Waals surface area contributed by atoms with Gasteiger partial charge >= 0.3 is 12.4 Å². The van der Waals surface area contributed by atoms with Crippen molar-refractivity contribution in [2.24, 2.45) is 0 Å². The third-order valence-corrected chi connectivity index (χ3v) is 6.43. The summed E-state index contributed by atoms with van der Waals surface area (Å²) in [5, 5.41) is 19.9. The van der Waals surface area contributed by atoms with Crippen LogP contribution in [0.5, 0.6) is 11.5 Å². The summed E-state index contributed by atoms with van der Waals surface area (Å²) in [4.78, 5) is 27.2. The molecule has 40 heavy (non-hydrogen) atoms. The molecule has 2 atom stereocenters. The van der Waals surface area contributed by atoms with Gasteiger partial charge in [-0.15, -0.1) is 13.2 Å². The number of nitrogens with one attached hydrogen (secondary N) is 2. The Morgan fingerprint density at radius 2 is 1.77 bits per heavy atom. The van der Waals surface area contributed by atoms with Crippen LogP contribution in [0.15, 0.2) is 53.1 Å². The van der Waals surface area contributed by atoms with Crippen molar-refractivity contribution in [2.45, 2.75) is 51.8 Å². The molecule has 0 radical (unpaired) electrons. The number of anilines is 1. The third kappa shape index (κ3) is 7.65. The van der Waals surface area contributed by atoms with Gasteiger partial charge < -0.3 is 34.6 Å². The van der Waals surface area contributed by atoms with Crippen LogP contribution in [0.4, 0.5) is 23.7 Å². The highest BCUT2D eigenvalue weighted by Gasteiger charge is 2.31. The fraction of sp³-hybridized carbons (Fsp3) is 0.370. The first-order chi connectivity index (χ1) is 19.0. The minimum atomic E-state index is -4.82. The Bertz CT molecular complexity index is 1290. The average molecular weight is 563 g/mol. The maximum absolute atomic E-state index is 12.9. The molecular weight excluding hydrogens is 533 g/mol. The van der Waals surface area contributed by atoms with Gasteiger partial charge in [0, 0.05) is 24.3 Å². The number of halogens is 3. The molecule has 3 aromatic rings. The van der Waals surface area contributed by atoms with Gasteiger partial charge in [0.25, 0.3) is 5.91 Å². The molecule has 1 aliphatic rings. The van der Waals surface area contributed by atoms with Gasteiger partial charge in [-0.25, -0.2) is 4.79 Å². The third-order valence-electron chi connectivity index (χ3n) is 6.43. The van der Waals surface area contributed by atoms with Crippen molar-refractivity contribution in [3.8, 4) is 11.5 Å². The number of aryl methyl sites for hydroxylation is 2. The van der Waals surface area contributed by atoms with Crippen LogP contribution in [0.25, 0.3) is 0 Å². The predicted octanol–water partition coefficient (Wildman–Crippen LogP) is 4.56. The van der Waals surface area contributed by atoms with E-state index in [1.807, 2.05) is 6.92 Å². The first kappa shape index (κ1) is 28.7. The number of urea groups is 1. The van der Waals surface area contributed by atoms with Gasteiger partial charge in [0.2, 0.25) is 0 Å². The summed E-state index contributed by atoms with van der Waals surface area (Å²) >= 11 is 0. The standard InChI is InChI=1S/C27H29F3N4O6/c1-16-22(17(2)40-33-16)15-38-20-9-5-18(6-10-20)25(36)32-23-14-34(13-3-4-24(23)35)26(37)31-19-7-11-21(12-8-19)39-27(28,29)30/h5-12,23-24,35H,3-4,13-15H2,1-2H3,(H,31,37)(H,32,36). The number of nitrogens with zero attached hydrogens (tertiary/aromatic N) is 2. The topological polar surface area (TPSA) is 126 Å². The number of aromatic nitrogens is 1. The van der Waals surface area contributed by atoms with E-state index in [9.17, 15) is 27.9 Å². The van der Waals surface area contributed by atoms with Crippen LogP contribution in [0.3, 0.4) is 0 Å². The molecule has 13 heteroatoms. The summed E-state index contributed by atoms with van der Waals surface area (Å²) in [5.74, 6) is 0.383. The minimum absolute atomic E-state index is 0.0344. The number of hydrogen-bond donors (Lipinski definition) is 3. The van der Waals surface area contributed by atoms with Gasteiger partial charge in [-0.1, -0.05) is 5.16 Å². The molecule has 214 valence electrons. The number of aliphatic hydroxyl groups is 1. The van der Waals surface area contributed by atoms with E-state index >= 15 is 0 Å². The Labute approximate surface area is 228 Å². The van der Waals surface area contributed by atoms with E-state index in [2.05, 4.69) is 20.5 Å². The minimum Gasteiger partial charge on any atom is -0.489 e. The Kier molecular flexibility index (Phi) is 8.83.